The van der Waals surface area contributed by atoms with Crippen molar-refractivity contribution >= 4 is 11.9 Å². The van der Waals surface area contributed by atoms with Gasteiger partial charge in [0.2, 0.25) is 5.91 Å². The number of hydrogen-bond acceptors (Lipinski definition) is 5. The maximum Gasteiger partial charge on any atom is 0.317 e. The molecule has 0 spiro atoms. The Morgan fingerprint density at radius 1 is 1.41 bits per heavy atom. The van der Waals surface area contributed by atoms with E-state index >= 15 is 0 Å². The van der Waals surface area contributed by atoms with Crippen molar-refractivity contribution in [2.24, 2.45) is 5.92 Å². The summed E-state index contributed by atoms with van der Waals surface area (Å²) in [5.74, 6) is -0.177. The number of rotatable bonds is 8. The van der Waals surface area contributed by atoms with E-state index in [0.29, 0.717) is 11.6 Å². The van der Waals surface area contributed by atoms with E-state index in [1.165, 1.54) is 19.1 Å². The summed E-state index contributed by atoms with van der Waals surface area (Å²) in [5.41, 5.74) is 0.620. The van der Waals surface area contributed by atoms with Crippen molar-refractivity contribution in [1.29, 1.82) is 0 Å². The predicted molar refractivity (Wildman–Crippen MR) is 77.1 cm³/mol. The highest BCUT2D eigenvalue weighted by Crippen LogP contribution is 2.33. The van der Waals surface area contributed by atoms with Crippen molar-refractivity contribution in [3.05, 3.63) is 18.0 Å². The zero-order chi connectivity index (χ0) is 15.5. The largest absolute Gasteiger partial charge is 0.480 e. The van der Waals surface area contributed by atoms with Gasteiger partial charge in [-0.1, -0.05) is 5.16 Å². The minimum absolute atomic E-state index is 0.0654. The fourth-order valence-corrected chi connectivity index (χ4v) is 2.92. The first-order valence-electron chi connectivity index (χ1n) is 7.74. The van der Waals surface area contributed by atoms with Crippen LogP contribution in [0.4, 0.5) is 0 Å². The van der Waals surface area contributed by atoms with Gasteiger partial charge in [-0.2, -0.15) is 0 Å². The van der Waals surface area contributed by atoms with Gasteiger partial charge in [-0.05, 0) is 31.6 Å². The second-order valence-electron chi connectivity index (χ2n) is 6.32. The molecule has 3 rings (SSSR count). The Labute approximate surface area is 128 Å². The summed E-state index contributed by atoms with van der Waals surface area (Å²) in [6.07, 6.45) is 5.73. The second kappa shape index (κ2) is 6.48. The smallest absolute Gasteiger partial charge is 0.317 e. The minimum atomic E-state index is -0.779. The van der Waals surface area contributed by atoms with Gasteiger partial charge in [-0.15, -0.1) is 0 Å². The van der Waals surface area contributed by atoms with Crippen molar-refractivity contribution in [3.63, 3.8) is 0 Å². The first-order chi connectivity index (χ1) is 10.6. The van der Waals surface area contributed by atoms with Crippen LogP contribution in [0.15, 0.2) is 16.9 Å². The first kappa shape index (κ1) is 15.0. The molecule has 2 N–H and O–H groups in total. The number of carboxylic acid groups (broad SMARTS) is 1. The van der Waals surface area contributed by atoms with Crippen LogP contribution in [0.25, 0.3) is 0 Å². The monoisotopic (exact) mass is 307 g/mol. The van der Waals surface area contributed by atoms with Crippen LogP contribution < -0.4 is 5.32 Å². The molecule has 1 aromatic rings. The second-order valence-corrected chi connectivity index (χ2v) is 6.32. The van der Waals surface area contributed by atoms with Crippen molar-refractivity contribution in [1.82, 2.24) is 15.4 Å². The Morgan fingerprint density at radius 3 is 2.77 bits per heavy atom. The molecule has 0 saturated heterocycles. The quantitative estimate of drug-likeness (QED) is 0.732. The summed E-state index contributed by atoms with van der Waals surface area (Å²) in [4.78, 5) is 24.9. The average molecular weight is 307 g/mol. The van der Waals surface area contributed by atoms with Crippen molar-refractivity contribution in [3.8, 4) is 0 Å². The van der Waals surface area contributed by atoms with E-state index in [1.807, 2.05) is 0 Å². The number of carbonyl (C=O) groups excluding carboxylic acids is 1. The third kappa shape index (κ3) is 4.07. The van der Waals surface area contributed by atoms with Crippen molar-refractivity contribution in [2.45, 2.75) is 44.2 Å². The number of nitrogens with one attached hydrogen (secondary N) is 1. The Kier molecular flexibility index (Phi) is 4.42. The molecule has 1 heterocycles. The molecule has 22 heavy (non-hydrogen) atoms. The van der Waals surface area contributed by atoms with Crippen molar-refractivity contribution < 1.29 is 19.2 Å². The third-order valence-corrected chi connectivity index (χ3v) is 4.36. The van der Waals surface area contributed by atoms with E-state index in [-0.39, 0.29) is 31.0 Å². The topological polar surface area (TPSA) is 95.7 Å². The zero-order valence-corrected chi connectivity index (χ0v) is 12.4. The molecule has 0 radical (unpaired) electrons. The number of aromatic nitrogens is 1. The highest BCUT2D eigenvalue weighted by Gasteiger charge is 2.37. The van der Waals surface area contributed by atoms with E-state index in [9.17, 15) is 9.59 Å². The van der Waals surface area contributed by atoms with Gasteiger partial charge in [0.1, 0.15) is 6.26 Å². The summed E-state index contributed by atoms with van der Waals surface area (Å²) in [5, 5.41) is 15.7. The predicted octanol–water partition coefficient (Wildman–Crippen LogP) is 0.661. The molecule has 0 bridgehead atoms. The van der Waals surface area contributed by atoms with Crippen LogP contribution >= 0.6 is 0 Å². The molecule has 0 unspecified atom stereocenters. The summed E-state index contributed by atoms with van der Waals surface area (Å²) in [6, 6.07) is 2.09. The lowest BCUT2D eigenvalue weighted by Crippen LogP contribution is -2.55. The summed E-state index contributed by atoms with van der Waals surface area (Å²) < 4.78 is 4.70. The van der Waals surface area contributed by atoms with E-state index in [1.54, 1.807) is 6.07 Å². The van der Waals surface area contributed by atoms with Gasteiger partial charge >= 0.3 is 5.97 Å². The Balaban J connectivity index is 1.41. The lowest BCUT2D eigenvalue weighted by Gasteiger charge is -2.42. The van der Waals surface area contributed by atoms with Gasteiger partial charge < -0.3 is 14.9 Å². The Bertz CT molecular complexity index is 521. The molecule has 2 fully saturated rings. The van der Waals surface area contributed by atoms with Crippen molar-refractivity contribution in [2.75, 3.05) is 13.1 Å². The molecule has 7 heteroatoms. The molecule has 2 aliphatic carbocycles. The molecule has 2 saturated carbocycles. The number of hydrogen-bond donors (Lipinski definition) is 2. The van der Waals surface area contributed by atoms with Crippen LogP contribution in [-0.2, 0) is 16.0 Å². The average Bonchev–Trinajstić information content (AvgIpc) is 3.07. The van der Waals surface area contributed by atoms with Gasteiger partial charge in [0, 0.05) is 24.7 Å². The SMILES string of the molecule is O=C(O)CN(CC1CC1)C1CC(NC(=O)Cc2ccon2)C1. The fourth-order valence-electron chi connectivity index (χ4n) is 2.92. The molecular formula is C15H21N3O4. The Morgan fingerprint density at radius 2 is 2.18 bits per heavy atom. The van der Waals surface area contributed by atoms with Crippen LogP contribution in [0.2, 0.25) is 0 Å². The molecule has 7 nitrogen and oxygen atoms in total. The van der Waals surface area contributed by atoms with E-state index in [4.69, 9.17) is 9.63 Å². The van der Waals surface area contributed by atoms with Gasteiger partial charge in [0.25, 0.3) is 0 Å². The summed E-state index contributed by atoms with van der Waals surface area (Å²) >= 11 is 0. The zero-order valence-electron chi connectivity index (χ0n) is 12.4. The van der Waals surface area contributed by atoms with Gasteiger partial charge in [0.15, 0.2) is 0 Å². The summed E-state index contributed by atoms with van der Waals surface area (Å²) in [7, 11) is 0. The lowest BCUT2D eigenvalue weighted by molar-refractivity contribution is -0.140. The van der Waals surface area contributed by atoms with E-state index in [0.717, 1.165) is 19.4 Å². The van der Waals surface area contributed by atoms with Crippen LogP contribution in [0.3, 0.4) is 0 Å². The van der Waals surface area contributed by atoms with Gasteiger partial charge in [-0.25, -0.2) is 0 Å². The van der Waals surface area contributed by atoms with Crippen LogP contribution in [0.5, 0.6) is 0 Å². The van der Waals surface area contributed by atoms with Gasteiger partial charge in [-0.3, -0.25) is 14.5 Å². The third-order valence-electron chi connectivity index (χ3n) is 4.36. The maximum atomic E-state index is 11.9. The molecule has 0 aromatic carbocycles. The summed E-state index contributed by atoms with van der Waals surface area (Å²) in [6.45, 7) is 0.970. The normalized spacial score (nSPS) is 24.0. The van der Waals surface area contributed by atoms with Crippen LogP contribution in [0.1, 0.15) is 31.4 Å². The molecule has 1 aromatic heterocycles. The molecule has 0 atom stereocenters. The van der Waals surface area contributed by atoms with Crippen LogP contribution in [0, 0.1) is 5.92 Å². The lowest BCUT2D eigenvalue weighted by atomic mass is 9.85. The van der Waals surface area contributed by atoms with Gasteiger partial charge in [0.05, 0.1) is 18.7 Å². The molecule has 2 aliphatic rings. The number of carbonyl (C=O) groups is 2. The number of carboxylic acids is 1. The molecule has 120 valence electrons. The fraction of sp³-hybridized carbons (Fsp3) is 0.667. The van der Waals surface area contributed by atoms with E-state index in [2.05, 4.69) is 15.4 Å². The number of amides is 1. The van der Waals surface area contributed by atoms with E-state index < -0.39 is 5.97 Å². The standard InChI is InChI=1S/C15H21N3O4/c19-14(7-11-3-4-22-17-11)16-12-5-13(6-12)18(9-15(20)21)8-10-1-2-10/h3-4,10,12-13H,1-2,5-9H2,(H,16,19)(H,20,21). The Hall–Kier alpha value is -1.89. The van der Waals surface area contributed by atoms with Crippen LogP contribution in [-0.4, -0.2) is 52.2 Å². The molecular weight excluding hydrogens is 286 g/mol. The minimum Gasteiger partial charge on any atom is -0.480 e. The number of aliphatic carboxylic acids is 1. The molecule has 1 amide bonds. The number of nitrogens with zero attached hydrogens (tertiary/aromatic N) is 2. The highest BCUT2D eigenvalue weighted by molar-refractivity contribution is 5.78. The highest BCUT2D eigenvalue weighted by atomic mass is 16.5. The molecule has 0 aliphatic heterocycles. The maximum absolute atomic E-state index is 11.9. The first-order valence-corrected chi connectivity index (χ1v) is 7.74.